The van der Waals surface area contributed by atoms with Crippen LogP contribution in [0.3, 0.4) is 0 Å². The Morgan fingerprint density at radius 1 is 1.13 bits per heavy atom. The molecule has 0 aliphatic carbocycles. The topological polar surface area (TPSA) is 67.4 Å². The van der Waals surface area contributed by atoms with E-state index in [0.717, 1.165) is 19.6 Å². The van der Waals surface area contributed by atoms with Gasteiger partial charge < -0.3 is 10.7 Å². The van der Waals surface area contributed by atoms with Crippen LogP contribution in [0.5, 0.6) is 0 Å². The van der Waals surface area contributed by atoms with Gasteiger partial charge >= 0.3 is 0 Å². The maximum absolute atomic E-state index is 14.4. The fourth-order valence-electron chi connectivity index (χ4n) is 3.86. The van der Waals surface area contributed by atoms with Crippen molar-refractivity contribution in [3.8, 4) is 0 Å². The van der Waals surface area contributed by atoms with Gasteiger partial charge in [-0.2, -0.15) is 0 Å². The minimum Gasteiger partial charge on any atom is -0.321 e. The Morgan fingerprint density at radius 3 is 2.50 bits per heavy atom. The highest BCUT2D eigenvalue weighted by atomic mass is 35.5. The van der Waals surface area contributed by atoms with Crippen molar-refractivity contribution >= 4 is 22.5 Å². The van der Waals surface area contributed by atoms with Gasteiger partial charge in [-0.05, 0) is 24.1 Å². The first-order valence-corrected chi connectivity index (χ1v) is 10.5. The van der Waals surface area contributed by atoms with Crippen LogP contribution >= 0.6 is 11.6 Å². The van der Waals surface area contributed by atoms with Gasteiger partial charge in [-0.3, -0.25) is 9.69 Å². The molecule has 1 aliphatic rings. The van der Waals surface area contributed by atoms with Crippen LogP contribution in [0.1, 0.15) is 30.8 Å². The maximum atomic E-state index is 14.4. The van der Waals surface area contributed by atoms with Gasteiger partial charge in [0.2, 0.25) is 0 Å². The summed E-state index contributed by atoms with van der Waals surface area (Å²) >= 11 is 6.25. The summed E-state index contributed by atoms with van der Waals surface area (Å²) in [7, 11) is 0. The number of nitrogens with zero attached hydrogens (tertiary/aromatic N) is 4. The lowest BCUT2D eigenvalue weighted by Gasteiger charge is -2.38. The molecule has 2 heterocycles. The summed E-state index contributed by atoms with van der Waals surface area (Å²) in [6.45, 7) is 5.62. The third kappa shape index (κ3) is 3.93. The van der Waals surface area contributed by atoms with E-state index in [-0.39, 0.29) is 21.5 Å². The molecule has 2 N–H and O–H groups in total. The molecular weight excluding hydrogens is 405 g/mol. The van der Waals surface area contributed by atoms with Crippen molar-refractivity contribution in [2.45, 2.75) is 25.9 Å². The summed E-state index contributed by atoms with van der Waals surface area (Å²) in [5.41, 5.74) is 7.12. The van der Waals surface area contributed by atoms with E-state index in [0.29, 0.717) is 25.3 Å². The highest BCUT2D eigenvalue weighted by molar-refractivity contribution is 6.35. The van der Waals surface area contributed by atoms with Crippen LogP contribution in [0, 0.1) is 5.82 Å². The summed E-state index contributed by atoms with van der Waals surface area (Å²) in [6, 6.07) is 12.4. The maximum Gasteiger partial charge on any atom is 0.281 e. The molecule has 4 rings (SSSR count). The smallest absolute Gasteiger partial charge is 0.281 e. The Hall–Kier alpha value is -2.48. The molecule has 2 aromatic carbocycles. The second-order valence-corrected chi connectivity index (χ2v) is 7.98. The minimum atomic E-state index is -0.573. The fourth-order valence-corrected chi connectivity index (χ4v) is 4.09. The molecule has 0 radical (unpaired) electrons. The lowest BCUT2D eigenvalue weighted by atomic mass is 10.2. The molecule has 30 heavy (non-hydrogen) atoms. The highest BCUT2D eigenvalue weighted by Crippen LogP contribution is 2.24. The first kappa shape index (κ1) is 20.8. The summed E-state index contributed by atoms with van der Waals surface area (Å²) in [5.74, 6) is -0.205. The van der Waals surface area contributed by atoms with Crippen LogP contribution < -0.4 is 16.3 Å². The third-order valence-corrected chi connectivity index (χ3v) is 5.89. The zero-order valence-corrected chi connectivity index (χ0v) is 17.6. The Labute approximate surface area is 179 Å². The van der Waals surface area contributed by atoms with Crippen molar-refractivity contribution < 1.29 is 4.39 Å². The van der Waals surface area contributed by atoms with Gasteiger partial charge in [-0.25, -0.2) is 14.1 Å². The number of nitrogens with two attached hydrogens (primary N) is 1. The standard InChI is InChI=1S/C22H25ClFN5O/c1-2-18(25)21-26-20-17(24)9-8-16(23)19(20)22(30)29(21)28-12-10-27(11-13-28)14-15-6-4-3-5-7-15/h3-9,18H,2,10-14,25H2,1H3/t18-/m0/s1. The number of aromatic nitrogens is 2. The van der Waals surface area contributed by atoms with Crippen LogP contribution in [0.15, 0.2) is 47.3 Å². The van der Waals surface area contributed by atoms with Crippen LogP contribution in [0.2, 0.25) is 5.02 Å². The molecule has 8 heteroatoms. The second kappa shape index (κ2) is 8.71. The van der Waals surface area contributed by atoms with Crippen molar-refractivity contribution in [1.29, 1.82) is 0 Å². The van der Waals surface area contributed by atoms with Crippen molar-refractivity contribution in [2.75, 3.05) is 31.2 Å². The van der Waals surface area contributed by atoms with E-state index in [2.05, 4.69) is 22.0 Å². The predicted octanol–water partition coefficient (Wildman–Crippen LogP) is 3.05. The van der Waals surface area contributed by atoms with Crippen molar-refractivity contribution in [1.82, 2.24) is 14.6 Å². The Bertz CT molecular complexity index is 1100. The number of hydrogen-bond acceptors (Lipinski definition) is 5. The number of hydrogen-bond donors (Lipinski definition) is 1. The molecule has 6 nitrogen and oxygen atoms in total. The third-order valence-electron chi connectivity index (χ3n) is 5.58. The molecule has 0 unspecified atom stereocenters. The monoisotopic (exact) mass is 429 g/mol. The predicted molar refractivity (Wildman–Crippen MR) is 118 cm³/mol. The van der Waals surface area contributed by atoms with Crippen molar-refractivity contribution in [3.63, 3.8) is 0 Å². The van der Waals surface area contributed by atoms with Crippen LogP contribution in [-0.2, 0) is 6.54 Å². The Kier molecular flexibility index (Phi) is 6.04. The van der Waals surface area contributed by atoms with Gasteiger partial charge in [0.25, 0.3) is 5.56 Å². The van der Waals surface area contributed by atoms with Gasteiger partial charge in [-0.1, -0.05) is 48.9 Å². The molecule has 158 valence electrons. The molecule has 0 saturated carbocycles. The molecule has 1 saturated heterocycles. The Balaban J connectivity index is 1.67. The number of benzene rings is 2. The number of halogens is 2. The number of piperazine rings is 1. The second-order valence-electron chi connectivity index (χ2n) is 7.57. The van der Waals surface area contributed by atoms with Gasteiger partial charge in [-0.15, -0.1) is 0 Å². The SMILES string of the molecule is CC[C@H](N)c1nc2c(F)ccc(Cl)c2c(=O)n1N1CCN(Cc2ccccc2)CC1. The molecule has 0 spiro atoms. The molecule has 1 atom stereocenters. The molecule has 1 aromatic heterocycles. The van der Waals surface area contributed by atoms with Gasteiger partial charge in [0.05, 0.1) is 16.5 Å². The summed E-state index contributed by atoms with van der Waals surface area (Å²) in [5, 5.41) is 2.23. The van der Waals surface area contributed by atoms with E-state index in [9.17, 15) is 9.18 Å². The normalized spacial score (nSPS) is 16.2. The lowest BCUT2D eigenvalue weighted by Crippen LogP contribution is -2.55. The Morgan fingerprint density at radius 2 is 1.83 bits per heavy atom. The average Bonchev–Trinajstić information content (AvgIpc) is 2.77. The fraction of sp³-hybridized carbons (Fsp3) is 0.364. The molecule has 1 fully saturated rings. The van der Waals surface area contributed by atoms with Gasteiger partial charge in [0, 0.05) is 32.7 Å². The first-order valence-electron chi connectivity index (χ1n) is 10.2. The van der Waals surface area contributed by atoms with E-state index < -0.39 is 11.9 Å². The molecule has 1 aliphatic heterocycles. The average molecular weight is 430 g/mol. The van der Waals surface area contributed by atoms with Crippen LogP contribution in [0.4, 0.5) is 4.39 Å². The molecule has 3 aromatic rings. The van der Waals surface area contributed by atoms with E-state index in [4.69, 9.17) is 17.3 Å². The summed E-state index contributed by atoms with van der Waals surface area (Å²) < 4.78 is 15.9. The molecular formula is C22H25ClFN5O. The summed E-state index contributed by atoms with van der Waals surface area (Å²) in [6.07, 6.45) is 0.577. The van der Waals surface area contributed by atoms with E-state index >= 15 is 0 Å². The zero-order valence-electron chi connectivity index (χ0n) is 16.9. The van der Waals surface area contributed by atoms with Crippen molar-refractivity contribution in [3.05, 3.63) is 75.0 Å². The van der Waals surface area contributed by atoms with Crippen molar-refractivity contribution in [2.24, 2.45) is 5.73 Å². The molecule has 0 bridgehead atoms. The molecule has 0 amide bonds. The number of fused-ring (bicyclic) bond motifs is 1. The minimum absolute atomic E-state index is 0.0228. The quantitative estimate of drug-likeness (QED) is 0.675. The van der Waals surface area contributed by atoms with E-state index in [1.54, 1.807) is 0 Å². The van der Waals surface area contributed by atoms with Gasteiger partial charge in [0.15, 0.2) is 0 Å². The first-order chi connectivity index (χ1) is 14.5. The largest absolute Gasteiger partial charge is 0.321 e. The van der Waals surface area contributed by atoms with Gasteiger partial charge in [0.1, 0.15) is 17.2 Å². The zero-order chi connectivity index (χ0) is 21.3. The summed E-state index contributed by atoms with van der Waals surface area (Å²) in [4.78, 5) is 20.2. The lowest BCUT2D eigenvalue weighted by molar-refractivity contribution is 0.229. The van der Waals surface area contributed by atoms with Crippen LogP contribution in [-0.4, -0.2) is 40.7 Å². The number of rotatable bonds is 5. The van der Waals surface area contributed by atoms with E-state index in [1.165, 1.54) is 22.4 Å². The van der Waals surface area contributed by atoms with E-state index in [1.807, 2.05) is 30.1 Å². The highest BCUT2D eigenvalue weighted by Gasteiger charge is 2.25. The van der Waals surface area contributed by atoms with Crippen LogP contribution in [0.25, 0.3) is 10.9 Å².